The summed E-state index contributed by atoms with van der Waals surface area (Å²) in [7, 11) is 0. The van der Waals surface area contributed by atoms with Crippen LogP contribution in [0.1, 0.15) is 212 Å². The van der Waals surface area contributed by atoms with Gasteiger partial charge in [-0.15, -0.1) is 0 Å². The van der Waals surface area contributed by atoms with Crippen molar-refractivity contribution in [1.82, 2.24) is 0 Å². The van der Waals surface area contributed by atoms with Gasteiger partial charge >= 0.3 is 0 Å². The van der Waals surface area contributed by atoms with Crippen LogP contribution in [-0.2, 0) is 36.5 Å². The molecule has 6 aromatic rings. The van der Waals surface area contributed by atoms with Crippen molar-refractivity contribution in [2.75, 3.05) is 10.2 Å². The number of unbranched alkanes of at least 4 members (excludes halogenated alkanes) is 12. The van der Waals surface area contributed by atoms with E-state index in [4.69, 9.17) is 0 Å². The Hall–Kier alpha value is -6.24. The summed E-state index contributed by atoms with van der Waals surface area (Å²) in [6.45, 7) is 14.7. The molecule has 4 nitrogen and oxygen atoms in total. The van der Waals surface area contributed by atoms with Crippen LogP contribution in [0.25, 0.3) is 11.1 Å². The summed E-state index contributed by atoms with van der Waals surface area (Å²) in [5.41, 5.74) is 13.6. The molecule has 6 aromatic carbocycles. The maximum atomic E-state index is 17.9. The minimum absolute atomic E-state index is 0.164. The average molecular weight is 977 g/mol. The van der Waals surface area contributed by atoms with Gasteiger partial charge in [-0.3, -0.25) is 0 Å². The predicted octanol–water partition coefficient (Wildman–Crippen LogP) is 19.4. The fourth-order valence-electron chi connectivity index (χ4n) is 11.7. The molecular weight excluding hydrogens is 899 g/mol. The number of aryl methyl sites for hydroxylation is 4. The third-order valence-corrected chi connectivity index (χ3v) is 15.7. The molecule has 0 amide bonds. The fourth-order valence-corrected chi connectivity index (χ4v) is 11.7. The first-order valence-electron chi connectivity index (χ1n) is 28.0. The van der Waals surface area contributed by atoms with Gasteiger partial charge in [-0.1, -0.05) is 174 Å². The van der Waals surface area contributed by atoms with Gasteiger partial charge in [0.25, 0.3) is 0 Å². The van der Waals surface area contributed by atoms with Gasteiger partial charge in [0.1, 0.15) is 11.6 Å². The monoisotopic (exact) mass is 977 g/mol. The molecule has 2 heterocycles. The third kappa shape index (κ3) is 11.0. The van der Waals surface area contributed by atoms with E-state index in [-0.39, 0.29) is 27.9 Å². The Balaban J connectivity index is 1.44. The molecule has 1 spiro atoms. The lowest BCUT2D eigenvalue weighted by atomic mass is 9.59. The van der Waals surface area contributed by atoms with Crippen LogP contribution in [0.2, 0.25) is 0 Å². The number of halogens is 2. The number of nitriles is 2. The first-order valence-corrected chi connectivity index (χ1v) is 28.0. The highest BCUT2D eigenvalue weighted by Gasteiger charge is 2.51. The highest BCUT2D eigenvalue weighted by atomic mass is 19.1. The SMILES string of the molecule is CCCCCCc1ccc2c(c1)C1(c3cc(CCCCCC)ccc3N2)c2cc(CCCCCC)ccc2N(c2cc(C#N)c(-c3cc(F)c(C(C)(C)C)cc3C#N)cc2F)c2ccc(CCCCCC)cc21. The van der Waals surface area contributed by atoms with Gasteiger partial charge in [-0.25, -0.2) is 8.78 Å². The van der Waals surface area contributed by atoms with Gasteiger partial charge in [0.2, 0.25) is 0 Å². The summed E-state index contributed by atoms with van der Waals surface area (Å²) < 4.78 is 33.9. The molecule has 0 saturated carbocycles. The first-order chi connectivity index (χ1) is 35.4. The zero-order valence-electron chi connectivity index (χ0n) is 45.0. The molecule has 6 heteroatoms. The zero-order valence-corrected chi connectivity index (χ0v) is 45.0. The maximum Gasteiger partial charge on any atom is 0.147 e. The maximum absolute atomic E-state index is 17.9. The van der Waals surface area contributed by atoms with E-state index in [1.54, 1.807) is 12.1 Å². The van der Waals surface area contributed by atoms with E-state index in [2.05, 4.69) is 123 Å². The molecule has 0 unspecified atom stereocenters. The molecule has 1 N–H and O–H groups in total. The topological polar surface area (TPSA) is 62.9 Å². The number of fused-ring (bicyclic) bond motifs is 8. The Morgan fingerprint density at radius 3 is 1.23 bits per heavy atom. The number of rotatable bonds is 22. The summed E-state index contributed by atoms with van der Waals surface area (Å²) in [5, 5.41) is 25.4. The van der Waals surface area contributed by atoms with Crippen molar-refractivity contribution in [1.29, 1.82) is 10.5 Å². The fraction of sp³-hybridized carbons (Fsp3) is 0.433. The number of nitrogens with one attached hydrogen (secondary N) is 1. The minimum Gasteiger partial charge on any atom is -0.355 e. The highest BCUT2D eigenvalue weighted by molar-refractivity contribution is 5.95. The molecule has 0 bridgehead atoms. The Morgan fingerprint density at radius 2 is 0.836 bits per heavy atom. The summed E-state index contributed by atoms with van der Waals surface area (Å²) in [5.74, 6) is -1.06. The molecule has 0 radical (unpaired) electrons. The van der Waals surface area contributed by atoms with Gasteiger partial charge in [0, 0.05) is 22.5 Å². The molecule has 0 fully saturated rings. The van der Waals surface area contributed by atoms with E-state index < -0.39 is 22.5 Å². The molecule has 8 rings (SSSR count). The normalized spacial score (nSPS) is 13.2. The molecule has 2 aliphatic heterocycles. The largest absolute Gasteiger partial charge is 0.355 e. The smallest absolute Gasteiger partial charge is 0.147 e. The molecule has 380 valence electrons. The summed E-state index contributed by atoms with van der Waals surface area (Å²) in [4.78, 5) is 2.05. The summed E-state index contributed by atoms with van der Waals surface area (Å²) in [6, 6.07) is 38.3. The van der Waals surface area contributed by atoms with Gasteiger partial charge in [0.05, 0.1) is 45.7 Å². The second kappa shape index (κ2) is 23.7. The number of nitrogens with zero attached hydrogens (tertiary/aromatic N) is 3. The summed E-state index contributed by atoms with van der Waals surface area (Å²) >= 11 is 0. The van der Waals surface area contributed by atoms with Crippen LogP contribution in [0.5, 0.6) is 0 Å². The van der Waals surface area contributed by atoms with Crippen molar-refractivity contribution < 1.29 is 8.78 Å². The van der Waals surface area contributed by atoms with Crippen molar-refractivity contribution in [2.45, 2.75) is 188 Å². The van der Waals surface area contributed by atoms with E-state index in [0.29, 0.717) is 5.56 Å². The van der Waals surface area contributed by atoms with E-state index in [1.165, 1.54) is 96.9 Å². The van der Waals surface area contributed by atoms with E-state index in [0.717, 1.165) is 111 Å². The van der Waals surface area contributed by atoms with Crippen molar-refractivity contribution >= 4 is 28.4 Å². The molecule has 0 atom stereocenters. The Labute approximate surface area is 436 Å². The van der Waals surface area contributed by atoms with Crippen LogP contribution in [0.15, 0.2) is 97.1 Å². The van der Waals surface area contributed by atoms with E-state index >= 15 is 8.78 Å². The number of benzene rings is 6. The van der Waals surface area contributed by atoms with Crippen LogP contribution >= 0.6 is 0 Å². The minimum atomic E-state index is -0.794. The van der Waals surface area contributed by atoms with E-state index in [1.807, 2.05) is 20.8 Å². The molecule has 73 heavy (non-hydrogen) atoms. The Bertz CT molecular complexity index is 2870. The number of anilines is 5. The van der Waals surface area contributed by atoms with Crippen LogP contribution in [-0.4, -0.2) is 0 Å². The molecule has 2 aliphatic rings. The molecule has 0 aromatic heterocycles. The van der Waals surface area contributed by atoms with Crippen molar-refractivity contribution in [2.24, 2.45) is 0 Å². The third-order valence-electron chi connectivity index (χ3n) is 15.7. The second-order valence-corrected chi connectivity index (χ2v) is 22.1. The molecular formula is C67H78F2N4. The average Bonchev–Trinajstić information content (AvgIpc) is 3.39. The first kappa shape index (κ1) is 53.1. The Kier molecular flexibility index (Phi) is 17.3. The highest BCUT2D eigenvalue weighted by Crippen LogP contribution is 2.63. The van der Waals surface area contributed by atoms with Crippen molar-refractivity contribution in [3.05, 3.63) is 170 Å². The van der Waals surface area contributed by atoms with Gasteiger partial charge in [0.15, 0.2) is 0 Å². The van der Waals surface area contributed by atoms with Crippen LogP contribution in [0, 0.1) is 34.3 Å². The lowest BCUT2D eigenvalue weighted by molar-refractivity contribution is 0.523. The van der Waals surface area contributed by atoms with Crippen molar-refractivity contribution in [3.8, 4) is 23.3 Å². The van der Waals surface area contributed by atoms with Crippen LogP contribution in [0.3, 0.4) is 0 Å². The molecule has 0 saturated heterocycles. The lowest BCUT2D eigenvalue weighted by Gasteiger charge is -2.50. The number of hydrogen-bond donors (Lipinski definition) is 1. The zero-order chi connectivity index (χ0) is 51.7. The summed E-state index contributed by atoms with van der Waals surface area (Å²) in [6.07, 6.45) is 22.4. The van der Waals surface area contributed by atoms with E-state index in [9.17, 15) is 10.5 Å². The van der Waals surface area contributed by atoms with Crippen molar-refractivity contribution in [3.63, 3.8) is 0 Å². The molecule has 0 aliphatic carbocycles. The Morgan fingerprint density at radius 1 is 0.452 bits per heavy atom. The number of hydrogen-bond acceptors (Lipinski definition) is 4. The second-order valence-electron chi connectivity index (χ2n) is 22.1. The lowest BCUT2D eigenvalue weighted by Crippen LogP contribution is -2.41. The quantitative estimate of drug-likeness (QED) is 0.0688. The van der Waals surface area contributed by atoms with Gasteiger partial charge in [-0.2, -0.15) is 10.5 Å². The predicted molar refractivity (Wildman–Crippen MR) is 301 cm³/mol. The standard InChI is InChI=1S/C67H78F2N4/c1-8-12-16-20-24-46-28-32-61-55(36-46)67(56-37-47(25-21-17-13-9-2)29-33-62(56)72-61)57-38-48(26-22-18-14-10-3)30-34-63(57)73(64-35-31-49(39-58(64)67)27-23-19-15-11-4)65-41-51(45-71)53(43-60(65)69)52-42-59(68)54(66(5,6)7)40-50(52)44-70/h28-43,72H,8-27H2,1-7H3. The van der Waals surface area contributed by atoms with Crippen LogP contribution in [0.4, 0.5) is 37.2 Å². The van der Waals surface area contributed by atoms with Gasteiger partial charge in [-0.05, 0) is 155 Å². The van der Waals surface area contributed by atoms with Gasteiger partial charge < -0.3 is 10.2 Å². The van der Waals surface area contributed by atoms with Crippen LogP contribution < -0.4 is 10.2 Å².